The molecule has 0 aliphatic carbocycles. The zero-order chi connectivity index (χ0) is 87.2. The third-order valence-corrected chi connectivity index (χ3v) is 25.5. The van der Waals surface area contributed by atoms with E-state index in [0.29, 0.717) is 123 Å². The fourth-order valence-electron chi connectivity index (χ4n) is 13.7. The zero-order valence-corrected chi connectivity index (χ0v) is 73.2. The molecule has 40 heteroatoms. The van der Waals surface area contributed by atoms with Gasteiger partial charge in [0.25, 0.3) is 0 Å². The molecule has 4 aliphatic heterocycles. The lowest BCUT2D eigenvalue weighted by molar-refractivity contribution is -0.224. The molecule has 656 valence electrons. The van der Waals surface area contributed by atoms with E-state index in [0.717, 1.165) is 47.0 Å². The number of rotatable bonds is 60. The molecule has 0 aromatic rings. The molecule has 4 aliphatic rings. The SMILES string of the molecule is CNCCNC(=O)[C@H](CC(C)=O)N(C)C(=O)CCCCCSC1CC(=O)N(C(N2C(=O)CC(SCCCCCC(=O)N(C)[C@@H](CC(C)=O)C(=O)NCCNC)C2=O)(N2C(=O)CC(SCCCCCC(=O)N(C)[C@@H](CC(C)=O)C(=O)NCCNC)C2=O)N2C(=O)CC(SCCCCCC(=O)N(C)[C@@H](CC(C)=O)C(=O)NCCNC)C2=O)C1=O. The molecule has 4 heterocycles. The van der Waals surface area contributed by atoms with Crippen molar-refractivity contribution in [1.29, 1.82) is 0 Å². The van der Waals surface area contributed by atoms with E-state index in [1.807, 2.05) is 0 Å². The number of amides is 16. The van der Waals surface area contributed by atoms with Crippen LogP contribution >= 0.6 is 47.0 Å². The maximum absolute atomic E-state index is 15.7. The molecule has 8 atom stereocenters. The quantitative estimate of drug-likeness (QED) is 0.0290. The van der Waals surface area contributed by atoms with Gasteiger partial charge in [-0.25, -0.2) is 19.6 Å². The summed E-state index contributed by atoms with van der Waals surface area (Å²) in [5, 5.41) is 17.1. The number of carbonyl (C=O) groups is 20. The molecule has 0 aromatic heterocycles. The highest BCUT2D eigenvalue weighted by Crippen LogP contribution is 2.48. The second kappa shape index (κ2) is 52.3. The van der Waals surface area contributed by atoms with Crippen molar-refractivity contribution in [2.24, 2.45) is 0 Å². The Morgan fingerprint density at radius 1 is 0.316 bits per heavy atom. The molecule has 4 saturated heterocycles. The van der Waals surface area contributed by atoms with E-state index in [4.69, 9.17) is 0 Å². The maximum atomic E-state index is 15.7. The second-order valence-electron chi connectivity index (χ2n) is 29.7. The molecule has 0 bridgehead atoms. The van der Waals surface area contributed by atoms with E-state index < -0.39 is 171 Å². The van der Waals surface area contributed by atoms with Crippen molar-refractivity contribution in [2.45, 2.75) is 233 Å². The van der Waals surface area contributed by atoms with Gasteiger partial charge in [0.05, 0.1) is 21.0 Å². The standard InChI is InChI=1S/C77H124N16O20S4/c1-49(94)41-53(69(106)82-33-29-78-5)86(9)61(98)25-17-13-21-37-114-57-45-65(102)90(73(57)110)77(91-66(103)46-58(74(91)111)115-38-22-14-18-26-62(99)87(10)54(42-50(2)95)70(107)83-34-30-79-6,92-67(104)47-59(75(92)112)116-39-23-15-19-27-63(100)88(11)55(43-51(3)96)71(108)84-35-31-80-7)93-68(105)48-60(76(93)113)117-40-24-16-20-28-64(101)89(12)56(44-52(4)97)72(109)85-36-32-81-8/h53-60,78-81H,13-48H2,1-12H3,(H,82,106)(H,83,107)(H,84,108)(H,85,109)/t53-,54-,55-,56-,57?,58?,59?,60?,77?/m0/s1. The van der Waals surface area contributed by atoms with E-state index in [9.17, 15) is 57.5 Å². The Morgan fingerprint density at radius 2 is 0.504 bits per heavy atom. The summed E-state index contributed by atoms with van der Waals surface area (Å²) in [4.78, 5) is 286. The average Bonchev–Trinajstić information content (AvgIpc) is 1.54. The Labute approximate surface area is 703 Å². The highest BCUT2D eigenvalue weighted by Gasteiger charge is 2.73. The maximum Gasteiger partial charge on any atom is 0.313 e. The van der Waals surface area contributed by atoms with Gasteiger partial charge >= 0.3 is 5.91 Å². The van der Waals surface area contributed by atoms with Crippen LogP contribution in [0.15, 0.2) is 0 Å². The van der Waals surface area contributed by atoms with Crippen LogP contribution in [0.25, 0.3) is 0 Å². The number of thioether (sulfide) groups is 4. The van der Waals surface area contributed by atoms with Crippen LogP contribution < -0.4 is 42.5 Å². The first-order valence-electron chi connectivity index (χ1n) is 40.2. The van der Waals surface area contributed by atoms with E-state index in [1.54, 1.807) is 28.2 Å². The van der Waals surface area contributed by atoms with Crippen molar-refractivity contribution in [3.8, 4) is 0 Å². The van der Waals surface area contributed by atoms with Gasteiger partial charge in [-0.15, -0.1) is 47.0 Å². The topological polar surface area (TPSA) is 464 Å². The number of ketones is 4. The van der Waals surface area contributed by atoms with Crippen LogP contribution in [0.4, 0.5) is 0 Å². The zero-order valence-electron chi connectivity index (χ0n) is 70.0. The highest BCUT2D eigenvalue weighted by atomic mass is 32.2. The third kappa shape index (κ3) is 30.5. The first kappa shape index (κ1) is 102. The molecular formula is C77H124N16O20S4. The van der Waals surface area contributed by atoms with Gasteiger partial charge in [-0.1, -0.05) is 25.7 Å². The number of nitrogens with one attached hydrogen (secondary N) is 8. The lowest BCUT2D eigenvalue weighted by Crippen LogP contribution is -2.82. The number of hydrogen-bond donors (Lipinski definition) is 8. The van der Waals surface area contributed by atoms with Gasteiger partial charge in [-0.2, -0.15) is 0 Å². The molecular weight excluding hydrogens is 1600 g/mol. The van der Waals surface area contributed by atoms with E-state index in [-0.39, 0.29) is 124 Å². The summed E-state index contributed by atoms with van der Waals surface area (Å²) >= 11 is 3.90. The monoisotopic (exact) mass is 1720 g/mol. The van der Waals surface area contributed by atoms with Crippen LogP contribution in [0, 0.1) is 0 Å². The normalized spacial score (nSPS) is 18.4. The number of carbonyl (C=O) groups excluding carboxylic acids is 20. The molecule has 16 amide bonds. The Kier molecular flexibility index (Phi) is 45.4. The number of likely N-dealkylation sites (tertiary alicyclic amines) is 4. The second-order valence-corrected chi connectivity index (χ2v) is 34.9. The van der Waals surface area contributed by atoms with Crippen molar-refractivity contribution in [3.63, 3.8) is 0 Å². The molecule has 0 radical (unpaired) electrons. The van der Waals surface area contributed by atoms with Crippen LogP contribution in [0.5, 0.6) is 0 Å². The van der Waals surface area contributed by atoms with Crippen molar-refractivity contribution >= 4 is 165 Å². The molecule has 0 saturated carbocycles. The summed E-state index contributed by atoms with van der Waals surface area (Å²) in [7, 11) is 12.5. The number of hydrogen-bond acceptors (Lipinski definition) is 28. The Hall–Kier alpha value is -7.76. The predicted octanol–water partition coefficient (Wildman–Crippen LogP) is -0.151. The summed E-state index contributed by atoms with van der Waals surface area (Å²) in [6.07, 6.45) is 0.370. The van der Waals surface area contributed by atoms with Crippen molar-refractivity contribution in [1.82, 2.24) is 81.7 Å². The number of imide groups is 4. The number of nitrogens with zero attached hydrogens (tertiary/aromatic N) is 8. The Bertz CT molecular complexity index is 3100. The van der Waals surface area contributed by atoms with E-state index >= 15 is 38.4 Å². The molecule has 0 spiro atoms. The van der Waals surface area contributed by atoms with Gasteiger partial charge in [0, 0.05) is 158 Å². The van der Waals surface area contributed by atoms with Gasteiger partial charge in [-0.3, -0.25) is 95.9 Å². The molecule has 4 fully saturated rings. The van der Waals surface area contributed by atoms with Gasteiger partial charge in [0.2, 0.25) is 94.5 Å². The minimum absolute atomic E-state index is 0.0293. The summed E-state index contributed by atoms with van der Waals surface area (Å²) in [6.45, 7) is 8.06. The summed E-state index contributed by atoms with van der Waals surface area (Å²) in [6, 6.07) is -4.25. The van der Waals surface area contributed by atoms with Crippen molar-refractivity contribution < 1.29 is 95.9 Å². The minimum Gasteiger partial charge on any atom is -0.353 e. The largest absolute Gasteiger partial charge is 0.353 e. The van der Waals surface area contributed by atoms with Gasteiger partial charge in [0.1, 0.15) is 47.3 Å². The van der Waals surface area contributed by atoms with Crippen molar-refractivity contribution in [3.05, 3.63) is 0 Å². The van der Waals surface area contributed by atoms with Crippen LogP contribution in [0.1, 0.15) is 182 Å². The average molecular weight is 1720 g/mol. The Balaban J connectivity index is 1.73. The molecule has 4 unspecified atom stereocenters. The van der Waals surface area contributed by atoms with Gasteiger partial charge in [0.15, 0.2) is 0 Å². The highest BCUT2D eigenvalue weighted by molar-refractivity contribution is 8.01. The fraction of sp³-hybridized carbons (Fsp3) is 0.740. The van der Waals surface area contributed by atoms with Gasteiger partial charge in [-0.05, 0) is 130 Å². The smallest absolute Gasteiger partial charge is 0.313 e. The fourth-order valence-corrected chi connectivity index (χ4v) is 18.4. The van der Waals surface area contributed by atoms with Crippen LogP contribution in [-0.2, 0) is 95.9 Å². The van der Waals surface area contributed by atoms with E-state index in [2.05, 4.69) is 42.5 Å². The molecule has 36 nitrogen and oxygen atoms in total. The molecule has 0 aromatic carbocycles. The molecule has 8 N–H and O–H groups in total. The van der Waals surface area contributed by atoms with Crippen LogP contribution in [-0.4, -0.2) is 340 Å². The predicted molar refractivity (Wildman–Crippen MR) is 443 cm³/mol. The minimum atomic E-state index is -3.50. The number of likely N-dealkylation sites (N-methyl/N-ethyl adjacent to an activating group) is 8. The summed E-state index contributed by atoms with van der Waals surface area (Å²) in [5.41, 5.74) is 0. The van der Waals surface area contributed by atoms with Crippen LogP contribution in [0.3, 0.4) is 0 Å². The summed E-state index contributed by atoms with van der Waals surface area (Å²) < 4.78 is 0. The first-order chi connectivity index (χ1) is 55.6. The lowest BCUT2D eigenvalue weighted by atomic mass is 10.1. The number of unbranched alkanes of at least 4 members (excludes halogenated alkanes) is 8. The van der Waals surface area contributed by atoms with Gasteiger partial charge < -0.3 is 62.1 Å². The van der Waals surface area contributed by atoms with Crippen LogP contribution in [0.2, 0.25) is 0 Å². The summed E-state index contributed by atoms with van der Waals surface area (Å²) in [5.74, 6) is -17.0. The first-order valence-corrected chi connectivity index (χ1v) is 44.4. The Morgan fingerprint density at radius 3 is 0.675 bits per heavy atom. The van der Waals surface area contributed by atoms with Crippen molar-refractivity contribution in [2.75, 3.05) is 132 Å². The lowest BCUT2D eigenvalue weighted by Gasteiger charge is -2.52. The molecule has 4 rings (SSSR count). The molecule has 117 heavy (non-hydrogen) atoms. The van der Waals surface area contributed by atoms with E-state index in [1.165, 1.54) is 75.5 Å². The number of Topliss-reactive ketones (excluding diaryl/α,β-unsaturated/α-hetero) is 4. The third-order valence-electron chi connectivity index (χ3n) is 20.3.